The summed E-state index contributed by atoms with van der Waals surface area (Å²) in [6, 6.07) is 6.17. The zero-order chi connectivity index (χ0) is 13.5. The Labute approximate surface area is 116 Å². The lowest BCUT2D eigenvalue weighted by molar-refractivity contribution is 0.000288. The van der Waals surface area contributed by atoms with Crippen LogP contribution in [0.25, 0.3) is 0 Å². The molecule has 19 heavy (non-hydrogen) atoms. The van der Waals surface area contributed by atoms with Crippen LogP contribution >= 0.6 is 0 Å². The average Bonchev–Trinajstić information content (AvgIpc) is 2.46. The molecule has 3 heteroatoms. The van der Waals surface area contributed by atoms with Gasteiger partial charge in [0.05, 0.1) is 24.1 Å². The first kappa shape index (κ1) is 14.5. The quantitative estimate of drug-likeness (QED) is 0.854. The Morgan fingerprint density at radius 3 is 2.95 bits per heavy atom. The van der Waals surface area contributed by atoms with E-state index in [0.29, 0.717) is 12.7 Å². The Balaban J connectivity index is 1.82. The summed E-state index contributed by atoms with van der Waals surface area (Å²) in [5.74, 6) is 0.863. The summed E-state index contributed by atoms with van der Waals surface area (Å²) in [6.45, 7) is 3.75. The molecule has 2 rings (SSSR count). The summed E-state index contributed by atoms with van der Waals surface area (Å²) in [4.78, 5) is 4.60. The minimum atomic E-state index is 0.438. The van der Waals surface area contributed by atoms with Crippen molar-refractivity contribution < 1.29 is 4.74 Å². The summed E-state index contributed by atoms with van der Waals surface area (Å²) in [6.07, 6.45) is 6.87. The van der Waals surface area contributed by atoms with Crippen LogP contribution in [0.5, 0.6) is 0 Å². The van der Waals surface area contributed by atoms with Gasteiger partial charge in [0.25, 0.3) is 0 Å². The van der Waals surface area contributed by atoms with E-state index < -0.39 is 0 Å². The first-order valence-corrected chi connectivity index (χ1v) is 7.52. The lowest BCUT2D eigenvalue weighted by Gasteiger charge is -2.28. The molecule has 1 N–H and O–H groups in total. The molecule has 1 fully saturated rings. The van der Waals surface area contributed by atoms with Crippen LogP contribution in [0.2, 0.25) is 0 Å². The number of nitrogens with zero attached hydrogens (tertiary/aromatic N) is 1. The van der Waals surface area contributed by atoms with Crippen molar-refractivity contribution in [3.05, 3.63) is 29.6 Å². The van der Waals surface area contributed by atoms with Gasteiger partial charge < -0.3 is 10.1 Å². The maximum Gasteiger partial charge on any atom is 0.0891 e. The Hall–Kier alpha value is -0.930. The molecule has 0 bridgehead atoms. The van der Waals surface area contributed by atoms with Crippen molar-refractivity contribution in [3.63, 3.8) is 0 Å². The molecule has 0 aliphatic heterocycles. The molecule has 0 aromatic carbocycles. The zero-order valence-electron chi connectivity index (χ0n) is 12.2. The third-order valence-electron chi connectivity index (χ3n) is 4.00. The van der Waals surface area contributed by atoms with E-state index in [1.165, 1.54) is 32.1 Å². The summed E-state index contributed by atoms with van der Waals surface area (Å²) in [5.41, 5.74) is 2.13. The molecule has 3 nitrogen and oxygen atoms in total. The number of pyridine rings is 1. The summed E-state index contributed by atoms with van der Waals surface area (Å²) in [5, 5.41) is 3.13. The van der Waals surface area contributed by atoms with Gasteiger partial charge in [-0.1, -0.05) is 32.3 Å². The first-order valence-electron chi connectivity index (χ1n) is 7.52. The van der Waals surface area contributed by atoms with Gasteiger partial charge in [0.1, 0.15) is 0 Å². The van der Waals surface area contributed by atoms with E-state index in [1.807, 2.05) is 13.1 Å². The average molecular weight is 262 g/mol. The van der Waals surface area contributed by atoms with E-state index >= 15 is 0 Å². The van der Waals surface area contributed by atoms with Crippen LogP contribution in [0.15, 0.2) is 18.2 Å². The number of ether oxygens (including phenoxy) is 1. The molecule has 106 valence electrons. The van der Waals surface area contributed by atoms with Crippen molar-refractivity contribution in [1.82, 2.24) is 10.3 Å². The molecule has 0 spiro atoms. The fourth-order valence-corrected chi connectivity index (χ4v) is 2.86. The van der Waals surface area contributed by atoms with Crippen LogP contribution in [0.1, 0.15) is 50.4 Å². The lowest BCUT2D eigenvalue weighted by Crippen LogP contribution is -2.22. The van der Waals surface area contributed by atoms with E-state index in [-0.39, 0.29) is 0 Å². The van der Waals surface area contributed by atoms with Crippen LogP contribution in [-0.4, -0.2) is 18.1 Å². The fourth-order valence-electron chi connectivity index (χ4n) is 2.86. The van der Waals surface area contributed by atoms with Gasteiger partial charge >= 0.3 is 0 Å². The molecule has 2 atom stereocenters. The molecule has 1 aromatic heterocycles. The van der Waals surface area contributed by atoms with Gasteiger partial charge in [-0.15, -0.1) is 0 Å². The van der Waals surface area contributed by atoms with Gasteiger partial charge in [0.15, 0.2) is 0 Å². The molecule has 1 saturated carbocycles. The van der Waals surface area contributed by atoms with Crippen LogP contribution in [-0.2, 0) is 17.9 Å². The molecule has 0 amide bonds. The third-order valence-corrected chi connectivity index (χ3v) is 4.00. The number of rotatable bonds is 6. The van der Waals surface area contributed by atoms with E-state index in [0.717, 1.165) is 23.9 Å². The topological polar surface area (TPSA) is 34.1 Å². The normalized spacial score (nSPS) is 23.5. The minimum absolute atomic E-state index is 0.438. The van der Waals surface area contributed by atoms with Crippen molar-refractivity contribution in [2.45, 2.75) is 58.3 Å². The zero-order valence-corrected chi connectivity index (χ0v) is 12.2. The maximum absolute atomic E-state index is 6.05. The molecule has 0 saturated heterocycles. The highest BCUT2D eigenvalue weighted by Gasteiger charge is 2.21. The van der Waals surface area contributed by atoms with Gasteiger partial charge in [-0.25, -0.2) is 0 Å². The molecule has 0 radical (unpaired) electrons. The molecule has 1 heterocycles. The minimum Gasteiger partial charge on any atom is -0.372 e. The van der Waals surface area contributed by atoms with Crippen molar-refractivity contribution in [1.29, 1.82) is 0 Å². The summed E-state index contributed by atoms with van der Waals surface area (Å²) >= 11 is 0. The summed E-state index contributed by atoms with van der Waals surface area (Å²) < 4.78 is 6.05. The van der Waals surface area contributed by atoms with Gasteiger partial charge in [0.2, 0.25) is 0 Å². The predicted octanol–water partition coefficient (Wildman–Crippen LogP) is 3.29. The van der Waals surface area contributed by atoms with Crippen LogP contribution in [0.4, 0.5) is 0 Å². The number of aromatic nitrogens is 1. The van der Waals surface area contributed by atoms with Gasteiger partial charge in [-0.2, -0.15) is 0 Å². The van der Waals surface area contributed by atoms with Gasteiger partial charge in [-0.05, 0) is 37.9 Å². The van der Waals surface area contributed by atoms with Crippen molar-refractivity contribution in [2.24, 2.45) is 5.92 Å². The van der Waals surface area contributed by atoms with E-state index in [4.69, 9.17) is 4.74 Å². The second-order valence-electron chi connectivity index (χ2n) is 5.52. The van der Waals surface area contributed by atoms with E-state index in [1.54, 1.807) is 0 Å². The lowest BCUT2D eigenvalue weighted by atomic mass is 9.85. The van der Waals surface area contributed by atoms with Crippen LogP contribution in [0.3, 0.4) is 0 Å². The third kappa shape index (κ3) is 4.59. The Bertz CT molecular complexity index is 381. The smallest absolute Gasteiger partial charge is 0.0891 e. The number of hydrogen-bond donors (Lipinski definition) is 1. The molecule has 1 aliphatic carbocycles. The first-order chi connectivity index (χ1) is 9.31. The van der Waals surface area contributed by atoms with Crippen molar-refractivity contribution in [3.8, 4) is 0 Å². The molecular weight excluding hydrogens is 236 g/mol. The maximum atomic E-state index is 6.05. The largest absolute Gasteiger partial charge is 0.372 e. The molecule has 1 aliphatic rings. The predicted molar refractivity (Wildman–Crippen MR) is 77.8 cm³/mol. The van der Waals surface area contributed by atoms with Crippen LogP contribution in [0, 0.1) is 5.92 Å². The van der Waals surface area contributed by atoms with Crippen molar-refractivity contribution >= 4 is 0 Å². The number of hydrogen-bond acceptors (Lipinski definition) is 3. The number of nitrogens with one attached hydrogen (secondary N) is 1. The van der Waals surface area contributed by atoms with E-state index in [9.17, 15) is 0 Å². The second kappa shape index (κ2) is 7.61. The Morgan fingerprint density at radius 2 is 2.16 bits per heavy atom. The highest BCUT2D eigenvalue weighted by Crippen LogP contribution is 2.28. The SMILES string of the molecule is CCC1CCCC(OCc2cccc(CNC)n2)C1. The highest BCUT2D eigenvalue weighted by atomic mass is 16.5. The molecule has 1 aromatic rings. The van der Waals surface area contributed by atoms with Crippen LogP contribution < -0.4 is 5.32 Å². The van der Waals surface area contributed by atoms with E-state index in [2.05, 4.69) is 29.4 Å². The van der Waals surface area contributed by atoms with Gasteiger partial charge in [-0.3, -0.25) is 4.98 Å². The Morgan fingerprint density at radius 1 is 1.32 bits per heavy atom. The highest BCUT2D eigenvalue weighted by molar-refractivity contribution is 5.10. The second-order valence-corrected chi connectivity index (χ2v) is 5.52. The standard InChI is InChI=1S/C16H26N2O/c1-3-13-6-4-9-16(10-13)19-12-15-8-5-7-14(18-15)11-17-2/h5,7-8,13,16-17H,3-4,6,9-12H2,1-2H3. The summed E-state index contributed by atoms with van der Waals surface area (Å²) in [7, 11) is 1.94. The monoisotopic (exact) mass is 262 g/mol. The fraction of sp³-hybridized carbons (Fsp3) is 0.688. The van der Waals surface area contributed by atoms with Gasteiger partial charge in [0, 0.05) is 6.54 Å². The van der Waals surface area contributed by atoms with Crippen molar-refractivity contribution in [2.75, 3.05) is 7.05 Å². The molecule has 2 unspecified atom stereocenters. The molecular formula is C16H26N2O. The Kier molecular flexibility index (Phi) is 5.80.